The van der Waals surface area contributed by atoms with Crippen LogP contribution in [0.5, 0.6) is 5.75 Å². The quantitative estimate of drug-likeness (QED) is 0.196. The number of rotatable bonds is 9. The molecule has 326 valence electrons. The van der Waals surface area contributed by atoms with Crippen molar-refractivity contribution < 1.29 is 23.9 Å². The molecule has 4 aromatic rings. The van der Waals surface area contributed by atoms with Crippen LogP contribution in [-0.4, -0.2) is 101 Å². The molecule has 63 heavy (non-hydrogen) atoms. The standard InChI is InChI=1S/C49H54N8O6/c1-48(2)46(49(3,4)47(48)63-39-14-7-30(23-50)42-37(39)12-15-40(58)51-42)53-43(60)29-5-8-32(9-6-29)56-27-34-22-35(56)26-55(34)24-28-17-19-54(20-18-28)33-10-11-36-31(21-33)25-57(45(36)62)38-13-16-41(59)52-44(38)61/h5-12,14-15,21,28,34-35,38,46-47H,13,16-20,22,24-27H2,1-4H3,(H,51,58)(H,53,60)(H,52,59,61). The van der Waals surface area contributed by atoms with E-state index in [1.54, 1.807) is 23.1 Å². The zero-order valence-electron chi connectivity index (χ0n) is 36.3. The molecule has 1 aromatic heterocycles. The summed E-state index contributed by atoms with van der Waals surface area (Å²) >= 11 is 0. The Morgan fingerprint density at radius 3 is 2.32 bits per heavy atom. The molecule has 3 aromatic carbocycles. The van der Waals surface area contributed by atoms with E-state index < -0.39 is 16.9 Å². The molecule has 14 heteroatoms. The average molecular weight is 851 g/mol. The number of hydrogen-bond donors (Lipinski definition) is 3. The van der Waals surface area contributed by atoms with Crippen molar-refractivity contribution in [2.75, 3.05) is 42.5 Å². The number of carbonyl (C=O) groups excluding carboxylic acids is 4. The third-order valence-electron chi connectivity index (χ3n) is 15.1. The van der Waals surface area contributed by atoms with E-state index in [2.05, 4.69) is 82.3 Å². The third-order valence-corrected chi connectivity index (χ3v) is 15.1. The van der Waals surface area contributed by atoms with Crippen molar-refractivity contribution in [2.24, 2.45) is 16.7 Å². The second-order valence-corrected chi connectivity index (χ2v) is 19.7. The van der Waals surface area contributed by atoms with Crippen LogP contribution in [0.4, 0.5) is 11.4 Å². The maximum absolute atomic E-state index is 13.7. The number of H-pyrrole nitrogens is 1. The van der Waals surface area contributed by atoms with Gasteiger partial charge in [0.2, 0.25) is 17.4 Å². The predicted molar refractivity (Wildman–Crippen MR) is 237 cm³/mol. The number of nitrogens with zero attached hydrogens (tertiary/aromatic N) is 5. The molecular weight excluding hydrogens is 797 g/mol. The Bertz CT molecular complexity index is 2630. The van der Waals surface area contributed by atoms with Gasteiger partial charge in [-0.05, 0) is 97.8 Å². The molecule has 1 saturated carbocycles. The minimum absolute atomic E-state index is 0.115. The van der Waals surface area contributed by atoms with Crippen LogP contribution in [0, 0.1) is 28.1 Å². The summed E-state index contributed by atoms with van der Waals surface area (Å²) in [6, 6.07) is 23.0. The number of piperidine rings is 2. The lowest BCUT2D eigenvalue weighted by Crippen LogP contribution is -2.74. The number of aromatic amines is 1. The number of anilines is 2. The first-order valence-corrected chi connectivity index (χ1v) is 22.4. The van der Waals surface area contributed by atoms with Gasteiger partial charge in [-0.3, -0.25) is 34.2 Å². The molecule has 5 fully saturated rings. The van der Waals surface area contributed by atoms with Crippen molar-refractivity contribution in [3.8, 4) is 11.8 Å². The number of nitriles is 1. The first-order valence-electron chi connectivity index (χ1n) is 22.4. The number of fused-ring (bicyclic) bond motifs is 4. The van der Waals surface area contributed by atoms with E-state index in [-0.39, 0.29) is 47.8 Å². The zero-order valence-corrected chi connectivity index (χ0v) is 36.3. The highest BCUT2D eigenvalue weighted by molar-refractivity contribution is 6.05. The number of likely N-dealkylation sites (tertiary alicyclic amines) is 1. The summed E-state index contributed by atoms with van der Waals surface area (Å²) in [6.45, 7) is 13.8. The number of nitrogens with one attached hydrogen (secondary N) is 3. The summed E-state index contributed by atoms with van der Waals surface area (Å²) in [5, 5.41) is 16.0. The number of pyridine rings is 1. The zero-order chi connectivity index (χ0) is 43.9. The van der Waals surface area contributed by atoms with Gasteiger partial charge in [-0.1, -0.05) is 27.7 Å². The van der Waals surface area contributed by atoms with Gasteiger partial charge in [-0.15, -0.1) is 0 Å². The predicted octanol–water partition coefficient (Wildman–Crippen LogP) is 4.95. The Morgan fingerprint density at radius 1 is 0.873 bits per heavy atom. The highest BCUT2D eigenvalue weighted by Gasteiger charge is 2.64. The number of amides is 4. The SMILES string of the molecule is CC1(C)C(NC(=O)c2ccc(N3CC4CC3CN4CC3CCN(c4ccc5c(c4)CN(C4CCC(=O)NC4=O)C5=O)CC3)cc2)C(C)(C)C1Oc1ccc(C#N)c2[nH]c(=O)ccc12. The number of benzene rings is 3. The van der Waals surface area contributed by atoms with Crippen molar-refractivity contribution >= 4 is 45.9 Å². The van der Waals surface area contributed by atoms with Crippen LogP contribution in [-0.2, 0) is 16.1 Å². The lowest BCUT2D eigenvalue weighted by Gasteiger charge is -2.63. The lowest BCUT2D eigenvalue weighted by atomic mass is 9.49. The Labute approximate surface area is 366 Å². The van der Waals surface area contributed by atoms with E-state index in [1.165, 1.54) is 6.07 Å². The summed E-state index contributed by atoms with van der Waals surface area (Å²) in [7, 11) is 0. The van der Waals surface area contributed by atoms with Gasteiger partial charge in [0.05, 0.1) is 11.1 Å². The van der Waals surface area contributed by atoms with E-state index in [1.807, 2.05) is 24.3 Å². The van der Waals surface area contributed by atoms with Crippen molar-refractivity contribution in [3.63, 3.8) is 0 Å². The second kappa shape index (κ2) is 15.3. The minimum atomic E-state index is -0.605. The number of ether oxygens (including phenoxy) is 1. The van der Waals surface area contributed by atoms with Crippen LogP contribution in [0.25, 0.3) is 10.9 Å². The third kappa shape index (κ3) is 7.01. The molecule has 14 nitrogen and oxygen atoms in total. The van der Waals surface area contributed by atoms with Gasteiger partial charge >= 0.3 is 0 Å². The Kier molecular flexibility index (Phi) is 9.89. The first-order chi connectivity index (χ1) is 30.2. The molecule has 6 aliphatic rings. The van der Waals surface area contributed by atoms with Crippen molar-refractivity contribution in [2.45, 2.75) is 96.6 Å². The molecule has 1 aliphatic carbocycles. The summed E-state index contributed by atoms with van der Waals surface area (Å²) in [5.41, 5.74) is 4.22. The molecule has 4 amide bonds. The van der Waals surface area contributed by atoms with Crippen molar-refractivity contribution in [1.29, 1.82) is 5.26 Å². The number of aromatic nitrogens is 1. The maximum atomic E-state index is 13.7. The summed E-state index contributed by atoms with van der Waals surface area (Å²) in [4.78, 5) is 75.1. The topological polar surface area (TPSA) is 171 Å². The molecular formula is C49H54N8O6. The van der Waals surface area contributed by atoms with Crippen LogP contribution in [0.3, 0.4) is 0 Å². The molecule has 0 radical (unpaired) electrons. The van der Waals surface area contributed by atoms with Crippen LogP contribution in [0.2, 0.25) is 0 Å². The van der Waals surface area contributed by atoms with Crippen molar-refractivity contribution in [1.82, 2.24) is 25.4 Å². The number of carbonyl (C=O) groups is 4. The van der Waals surface area contributed by atoms with Gasteiger partial charge < -0.3 is 29.7 Å². The van der Waals surface area contributed by atoms with Crippen molar-refractivity contribution in [3.05, 3.63) is 99.3 Å². The van der Waals surface area contributed by atoms with Gasteiger partial charge in [-0.25, -0.2) is 0 Å². The van der Waals surface area contributed by atoms with E-state index in [4.69, 9.17) is 4.74 Å². The maximum Gasteiger partial charge on any atom is 0.255 e. The van der Waals surface area contributed by atoms with Crippen LogP contribution < -0.4 is 30.7 Å². The lowest BCUT2D eigenvalue weighted by molar-refractivity contribution is -0.163. The fourth-order valence-electron chi connectivity index (χ4n) is 12.1. The number of piperazine rings is 1. The Balaban J connectivity index is 0.704. The summed E-state index contributed by atoms with van der Waals surface area (Å²) in [5.74, 6) is 0.294. The van der Waals surface area contributed by atoms with Crippen LogP contribution >= 0.6 is 0 Å². The minimum Gasteiger partial charge on any atom is -0.488 e. The highest BCUT2D eigenvalue weighted by Crippen LogP contribution is 2.56. The summed E-state index contributed by atoms with van der Waals surface area (Å²) < 4.78 is 6.64. The number of hydrogen-bond acceptors (Lipinski definition) is 10. The molecule has 2 bridgehead atoms. The Morgan fingerprint density at radius 2 is 1.62 bits per heavy atom. The van der Waals surface area contributed by atoms with Gasteiger partial charge in [0.1, 0.15) is 24.0 Å². The second-order valence-electron chi connectivity index (χ2n) is 19.7. The van der Waals surface area contributed by atoms with Gasteiger partial charge in [-0.2, -0.15) is 5.26 Å². The van der Waals surface area contributed by atoms with Gasteiger partial charge in [0.15, 0.2) is 0 Å². The normalized spacial score (nSPS) is 26.4. The molecule has 6 heterocycles. The van der Waals surface area contributed by atoms with Gasteiger partial charge in [0, 0.05) is 109 Å². The van der Waals surface area contributed by atoms with E-state index >= 15 is 0 Å². The Hall–Kier alpha value is -6.20. The van der Waals surface area contributed by atoms with E-state index in [0.717, 1.165) is 68.9 Å². The molecule has 3 N–H and O–H groups in total. The van der Waals surface area contributed by atoms with E-state index in [9.17, 15) is 29.2 Å². The van der Waals surface area contributed by atoms with Crippen LogP contribution in [0.15, 0.2) is 71.5 Å². The molecule has 4 saturated heterocycles. The molecule has 3 unspecified atom stereocenters. The molecule has 5 aliphatic heterocycles. The monoisotopic (exact) mass is 850 g/mol. The molecule has 10 rings (SSSR count). The highest BCUT2D eigenvalue weighted by atomic mass is 16.5. The first kappa shape index (κ1) is 40.8. The fourth-order valence-corrected chi connectivity index (χ4v) is 12.1. The summed E-state index contributed by atoms with van der Waals surface area (Å²) in [6.07, 6.45) is 3.74. The largest absolute Gasteiger partial charge is 0.488 e. The smallest absolute Gasteiger partial charge is 0.255 e. The van der Waals surface area contributed by atoms with Crippen LogP contribution in [0.1, 0.15) is 91.6 Å². The molecule has 3 atom stereocenters. The average Bonchev–Trinajstić information content (AvgIpc) is 3.97. The fraction of sp³-hybridized carbons (Fsp3) is 0.469. The molecule has 0 spiro atoms. The number of imide groups is 1. The van der Waals surface area contributed by atoms with E-state index in [0.29, 0.717) is 64.3 Å². The van der Waals surface area contributed by atoms with Gasteiger partial charge in [0.25, 0.3) is 11.8 Å².